The third-order valence-electron chi connectivity index (χ3n) is 2.86. The standard InChI is InChI=1S/C15H21F4NO/c1-11(2)21-8-4-3-7-20-10-12-5-6-14(16)13(9-12)15(17,18)19/h5-6,9,11,20H,3-4,7-8,10H2,1-2H3. The van der Waals surface area contributed by atoms with E-state index in [4.69, 9.17) is 4.74 Å². The van der Waals surface area contributed by atoms with Crippen LogP contribution in [0, 0.1) is 5.82 Å². The van der Waals surface area contributed by atoms with Crippen molar-refractivity contribution in [2.24, 2.45) is 0 Å². The monoisotopic (exact) mass is 307 g/mol. The normalized spacial score (nSPS) is 12.1. The number of halogens is 4. The molecule has 0 aromatic heterocycles. The highest BCUT2D eigenvalue weighted by molar-refractivity contribution is 5.27. The van der Waals surface area contributed by atoms with Crippen LogP contribution in [0.2, 0.25) is 0 Å². The lowest BCUT2D eigenvalue weighted by molar-refractivity contribution is -0.140. The molecule has 120 valence electrons. The topological polar surface area (TPSA) is 21.3 Å². The molecule has 0 heterocycles. The van der Waals surface area contributed by atoms with Gasteiger partial charge in [0.1, 0.15) is 5.82 Å². The molecule has 1 aromatic carbocycles. The summed E-state index contributed by atoms with van der Waals surface area (Å²) in [5, 5.41) is 3.04. The Labute approximate surface area is 122 Å². The fourth-order valence-corrected chi connectivity index (χ4v) is 1.80. The molecular formula is C15H21F4NO. The molecule has 0 unspecified atom stereocenters. The van der Waals surface area contributed by atoms with Crippen LogP contribution in [0.5, 0.6) is 0 Å². The van der Waals surface area contributed by atoms with E-state index in [9.17, 15) is 17.6 Å². The van der Waals surface area contributed by atoms with Gasteiger partial charge in [0.05, 0.1) is 11.7 Å². The lowest BCUT2D eigenvalue weighted by Crippen LogP contribution is -2.17. The lowest BCUT2D eigenvalue weighted by Gasteiger charge is -2.11. The second kappa shape index (κ2) is 8.34. The molecular weight excluding hydrogens is 286 g/mol. The number of hydrogen-bond acceptors (Lipinski definition) is 2. The van der Waals surface area contributed by atoms with E-state index in [1.165, 1.54) is 6.07 Å². The van der Waals surface area contributed by atoms with Crippen LogP contribution < -0.4 is 5.32 Å². The number of nitrogens with one attached hydrogen (secondary N) is 1. The van der Waals surface area contributed by atoms with Gasteiger partial charge in [-0.1, -0.05) is 6.07 Å². The van der Waals surface area contributed by atoms with Gasteiger partial charge in [-0.15, -0.1) is 0 Å². The first-order valence-corrected chi connectivity index (χ1v) is 6.98. The predicted molar refractivity (Wildman–Crippen MR) is 73.4 cm³/mol. The van der Waals surface area contributed by atoms with Crippen molar-refractivity contribution in [2.75, 3.05) is 13.2 Å². The van der Waals surface area contributed by atoms with E-state index >= 15 is 0 Å². The minimum absolute atomic E-state index is 0.206. The third-order valence-corrected chi connectivity index (χ3v) is 2.86. The van der Waals surface area contributed by atoms with E-state index in [2.05, 4.69) is 5.32 Å². The van der Waals surface area contributed by atoms with Crippen LogP contribution in [0.3, 0.4) is 0 Å². The van der Waals surface area contributed by atoms with E-state index in [-0.39, 0.29) is 12.6 Å². The molecule has 0 saturated carbocycles. The molecule has 0 radical (unpaired) electrons. The SMILES string of the molecule is CC(C)OCCCCNCc1ccc(F)c(C(F)(F)F)c1. The number of unbranched alkanes of at least 4 members (excludes halogenated alkanes) is 1. The highest BCUT2D eigenvalue weighted by atomic mass is 19.4. The molecule has 0 amide bonds. The second-order valence-corrected chi connectivity index (χ2v) is 5.12. The van der Waals surface area contributed by atoms with Crippen molar-refractivity contribution in [3.63, 3.8) is 0 Å². The maximum atomic E-state index is 13.1. The van der Waals surface area contributed by atoms with Crippen LogP contribution in [0.15, 0.2) is 18.2 Å². The minimum atomic E-state index is -4.66. The van der Waals surface area contributed by atoms with Crippen molar-refractivity contribution < 1.29 is 22.3 Å². The summed E-state index contributed by atoms with van der Waals surface area (Å²) >= 11 is 0. The van der Waals surface area contributed by atoms with Gasteiger partial charge in [0.15, 0.2) is 0 Å². The molecule has 6 heteroatoms. The van der Waals surface area contributed by atoms with Gasteiger partial charge in [0.25, 0.3) is 0 Å². The highest BCUT2D eigenvalue weighted by Crippen LogP contribution is 2.31. The second-order valence-electron chi connectivity index (χ2n) is 5.12. The summed E-state index contributed by atoms with van der Waals surface area (Å²) in [6.45, 7) is 5.57. The number of rotatable bonds is 8. The molecule has 0 spiro atoms. The van der Waals surface area contributed by atoms with Gasteiger partial charge in [0, 0.05) is 13.2 Å². The van der Waals surface area contributed by atoms with Crippen LogP contribution >= 0.6 is 0 Å². The van der Waals surface area contributed by atoms with Gasteiger partial charge in [-0.3, -0.25) is 0 Å². The molecule has 1 N–H and O–H groups in total. The zero-order valence-corrected chi connectivity index (χ0v) is 12.3. The van der Waals surface area contributed by atoms with Gasteiger partial charge in [-0.2, -0.15) is 13.2 Å². The molecule has 21 heavy (non-hydrogen) atoms. The summed E-state index contributed by atoms with van der Waals surface area (Å²) in [5.74, 6) is -1.24. The fraction of sp³-hybridized carbons (Fsp3) is 0.600. The minimum Gasteiger partial charge on any atom is -0.379 e. The summed E-state index contributed by atoms with van der Waals surface area (Å²) in [4.78, 5) is 0. The zero-order chi connectivity index (χ0) is 15.9. The Morgan fingerprint density at radius 2 is 1.90 bits per heavy atom. The number of alkyl halides is 3. The fourth-order valence-electron chi connectivity index (χ4n) is 1.80. The van der Waals surface area contributed by atoms with Gasteiger partial charge >= 0.3 is 6.18 Å². The molecule has 0 aliphatic rings. The number of ether oxygens (including phenoxy) is 1. The van der Waals surface area contributed by atoms with Crippen molar-refractivity contribution in [2.45, 2.75) is 45.5 Å². The third kappa shape index (κ3) is 6.91. The van der Waals surface area contributed by atoms with E-state index in [0.717, 1.165) is 25.0 Å². The molecule has 0 saturated heterocycles. The average Bonchev–Trinajstić information content (AvgIpc) is 2.37. The van der Waals surface area contributed by atoms with E-state index in [0.29, 0.717) is 18.7 Å². The molecule has 1 rings (SSSR count). The van der Waals surface area contributed by atoms with Crippen LogP contribution in [0.4, 0.5) is 17.6 Å². The Balaban J connectivity index is 2.33. The van der Waals surface area contributed by atoms with Crippen molar-refractivity contribution in [1.29, 1.82) is 0 Å². The Morgan fingerprint density at radius 3 is 2.52 bits per heavy atom. The van der Waals surface area contributed by atoms with Gasteiger partial charge < -0.3 is 10.1 Å². The largest absolute Gasteiger partial charge is 0.419 e. The lowest BCUT2D eigenvalue weighted by atomic mass is 10.1. The first kappa shape index (κ1) is 17.9. The maximum Gasteiger partial charge on any atom is 0.419 e. The molecule has 0 aliphatic heterocycles. The number of hydrogen-bond donors (Lipinski definition) is 1. The smallest absolute Gasteiger partial charge is 0.379 e. The Hall–Kier alpha value is -1.14. The highest BCUT2D eigenvalue weighted by Gasteiger charge is 2.34. The van der Waals surface area contributed by atoms with E-state index < -0.39 is 17.6 Å². The first-order valence-electron chi connectivity index (χ1n) is 6.98. The Kier molecular flexibility index (Phi) is 7.11. The van der Waals surface area contributed by atoms with E-state index in [1.54, 1.807) is 0 Å². The van der Waals surface area contributed by atoms with Gasteiger partial charge in [0.2, 0.25) is 0 Å². The molecule has 0 atom stereocenters. The van der Waals surface area contributed by atoms with Crippen molar-refractivity contribution >= 4 is 0 Å². The predicted octanol–water partition coefficient (Wildman–Crippen LogP) is 4.14. The molecule has 0 bridgehead atoms. The Morgan fingerprint density at radius 1 is 1.19 bits per heavy atom. The van der Waals surface area contributed by atoms with Crippen LogP contribution in [0.1, 0.15) is 37.8 Å². The average molecular weight is 307 g/mol. The van der Waals surface area contributed by atoms with Crippen LogP contribution in [0.25, 0.3) is 0 Å². The van der Waals surface area contributed by atoms with E-state index in [1.807, 2.05) is 13.8 Å². The van der Waals surface area contributed by atoms with Crippen molar-refractivity contribution in [1.82, 2.24) is 5.32 Å². The summed E-state index contributed by atoms with van der Waals surface area (Å²) in [5.41, 5.74) is -0.797. The molecule has 0 aliphatic carbocycles. The number of benzene rings is 1. The van der Waals surface area contributed by atoms with Crippen molar-refractivity contribution in [3.05, 3.63) is 35.1 Å². The van der Waals surface area contributed by atoms with Gasteiger partial charge in [-0.25, -0.2) is 4.39 Å². The molecule has 2 nitrogen and oxygen atoms in total. The first-order chi connectivity index (χ1) is 9.80. The van der Waals surface area contributed by atoms with Crippen LogP contribution in [-0.4, -0.2) is 19.3 Å². The zero-order valence-electron chi connectivity index (χ0n) is 12.3. The summed E-state index contributed by atoms with van der Waals surface area (Å²) in [7, 11) is 0. The summed E-state index contributed by atoms with van der Waals surface area (Å²) in [6, 6.07) is 3.07. The molecule has 0 fully saturated rings. The van der Waals surface area contributed by atoms with Gasteiger partial charge in [-0.05, 0) is 50.9 Å². The quantitative estimate of drug-likeness (QED) is 0.576. The van der Waals surface area contributed by atoms with Crippen LogP contribution in [-0.2, 0) is 17.5 Å². The summed E-state index contributed by atoms with van der Waals surface area (Å²) < 4.78 is 56.1. The maximum absolute atomic E-state index is 13.1. The van der Waals surface area contributed by atoms with Crippen molar-refractivity contribution in [3.8, 4) is 0 Å². The Bertz CT molecular complexity index is 432. The summed E-state index contributed by atoms with van der Waals surface area (Å²) in [6.07, 6.45) is -2.69. The molecule has 1 aromatic rings.